The highest BCUT2D eigenvalue weighted by molar-refractivity contribution is 7.92. The van der Waals surface area contributed by atoms with Crippen molar-refractivity contribution in [1.82, 2.24) is 10.2 Å². The average molecular weight is 544 g/mol. The standard InChI is InChI=1S/C28H31F2N3O4S/c1-4-20(2)31-28(35)21(3)32(18-22-12-8-9-15-24(22)29)27(34)19-33(26-17-11-10-16-25(26)30)38(36,37)23-13-6-5-7-14-23/h5-17,20-21H,4,18-19H2,1-3H3,(H,31,35)/t20-,21+/m0/s1. The lowest BCUT2D eigenvalue weighted by Crippen LogP contribution is -2.52. The third-order valence-corrected chi connectivity index (χ3v) is 7.97. The molecular weight excluding hydrogens is 512 g/mol. The van der Waals surface area contributed by atoms with Crippen molar-refractivity contribution in [3.63, 3.8) is 0 Å². The molecule has 2 amide bonds. The van der Waals surface area contributed by atoms with Crippen LogP contribution in [0.25, 0.3) is 0 Å². The molecule has 38 heavy (non-hydrogen) atoms. The Hall–Kier alpha value is -3.79. The summed E-state index contributed by atoms with van der Waals surface area (Å²) in [6.07, 6.45) is 0.649. The van der Waals surface area contributed by atoms with E-state index < -0.39 is 46.1 Å². The van der Waals surface area contributed by atoms with E-state index in [2.05, 4.69) is 5.32 Å². The highest BCUT2D eigenvalue weighted by Gasteiger charge is 2.34. The number of rotatable bonds is 11. The number of anilines is 1. The summed E-state index contributed by atoms with van der Waals surface area (Å²) in [6.45, 7) is 4.07. The molecule has 0 unspecified atom stereocenters. The van der Waals surface area contributed by atoms with E-state index in [1.54, 1.807) is 19.1 Å². The molecule has 3 aromatic carbocycles. The average Bonchev–Trinajstić information content (AvgIpc) is 2.91. The second kappa shape index (κ2) is 12.6. The van der Waals surface area contributed by atoms with Crippen molar-refractivity contribution in [2.24, 2.45) is 0 Å². The maximum Gasteiger partial charge on any atom is 0.264 e. The largest absolute Gasteiger partial charge is 0.352 e. The summed E-state index contributed by atoms with van der Waals surface area (Å²) < 4.78 is 57.3. The molecule has 3 aromatic rings. The molecule has 1 N–H and O–H groups in total. The SMILES string of the molecule is CC[C@H](C)NC(=O)[C@@H](C)N(Cc1ccccc1F)C(=O)CN(c1ccccc1F)S(=O)(=O)c1ccccc1. The van der Waals surface area contributed by atoms with Gasteiger partial charge in [-0.15, -0.1) is 0 Å². The Morgan fingerprint density at radius 2 is 1.45 bits per heavy atom. The highest BCUT2D eigenvalue weighted by atomic mass is 32.2. The zero-order valence-corrected chi connectivity index (χ0v) is 22.3. The molecule has 10 heteroatoms. The van der Waals surface area contributed by atoms with Gasteiger partial charge < -0.3 is 10.2 Å². The molecule has 202 valence electrons. The third kappa shape index (κ3) is 6.74. The van der Waals surface area contributed by atoms with Crippen LogP contribution in [-0.4, -0.2) is 43.8 Å². The first-order chi connectivity index (χ1) is 18.1. The van der Waals surface area contributed by atoms with Crippen molar-refractivity contribution in [2.45, 2.75) is 50.7 Å². The summed E-state index contributed by atoms with van der Waals surface area (Å²) >= 11 is 0. The monoisotopic (exact) mass is 543 g/mol. The van der Waals surface area contributed by atoms with Crippen molar-refractivity contribution in [3.8, 4) is 0 Å². The Labute approximate surface area is 222 Å². The number of carbonyl (C=O) groups is 2. The Bertz CT molecular complexity index is 1370. The summed E-state index contributed by atoms with van der Waals surface area (Å²) in [6, 6.07) is 17.1. The van der Waals surface area contributed by atoms with E-state index in [0.29, 0.717) is 10.7 Å². The summed E-state index contributed by atoms with van der Waals surface area (Å²) in [5.74, 6) is -2.71. The van der Waals surface area contributed by atoms with E-state index >= 15 is 0 Å². The topological polar surface area (TPSA) is 86.8 Å². The molecule has 0 aliphatic carbocycles. The maximum atomic E-state index is 14.9. The summed E-state index contributed by atoms with van der Waals surface area (Å²) in [5, 5.41) is 2.80. The highest BCUT2D eigenvalue weighted by Crippen LogP contribution is 2.27. The predicted molar refractivity (Wildman–Crippen MR) is 142 cm³/mol. The second-order valence-electron chi connectivity index (χ2n) is 8.88. The van der Waals surface area contributed by atoms with Crippen LogP contribution >= 0.6 is 0 Å². The van der Waals surface area contributed by atoms with Crippen LogP contribution in [0.4, 0.5) is 14.5 Å². The number of carbonyl (C=O) groups excluding carboxylic acids is 2. The lowest BCUT2D eigenvalue weighted by atomic mass is 10.1. The lowest BCUT2D eigenvalue weighted by molar-refractivity contribution is -0.139. The molecule has 0 saturated heterocycles. The fraction of sp³-hybridized carbons (Fsp3) is 0.286. The number of para-hydroxylation sites is 1. The maximum absolute atomic E-state index is 14.9. The van der Waals surface area contributed by atoms with Gasteiger partial charge in [-0.1, -0.05) is 55.5 Å². The van der Waals surface area contributed by atoms with Crippen molar-refractivity contribution < 1.29 is 26.8 Å². The van der Waals surface area contributed by atoms with Crippen molar-refractivity contribution in [2.75, 3.05) is 10.8 Å². The van der Waals surface area contributed by atoms with Gasteiger partial charge >= 0.3 is 0 Å². The van der Waals surface area contributed by atoms with Gasteiger partial charge in [0.15, 0.2) is 0 Å². The van der Waals surface area contributed by atoms with Gasteiger partial charge in [0.1, 0.15) is 24.2 Å². The fourth-order valence-corrected chi connectivity index (χ4v) is 5.19. The summed E-state index contributed by atoms with van der Waals surface area (Å²) in [5.41, 5.74) is -0.181. The molecule has 0 radical (unpaired) electrons. The number of halogens is 2. The van der Waals surface area contributed by atoms with E-state index in [0.717, 1.165) is 11.0 Å². The lowest BCUT2D eigenvalue weighted by Gasteiger charge is -2.32. The number of hydrogen-bond acceptors (Lipinski definition) is 4. The normalized spacial score (nSPS) is 12.9. The van der Waals surface area contributed by atoms with Crippen LogP contribution in [0.3, 0.4) is 0 Å². The van der Waals surface area contributed by atoms with Crippen molar-refractivity contribution in [3.05, 3.63) is 96.1 Å². The first-order valence-electron chi connectivity index (χ1n) is 12.2. The number of nitrogens with one attached hydrogen (secondary N) is 1. The van der Waals surface area contributed by atoms with Gasteiger partial charge in [-0.3, -0.25) is 13.9 Å². The molecule has 7 nitrogen and oxygen atoms in total. The number of benzene rings is 3. The van der Waals surface area contributed by atoms with E-state index in [-0.39, 0.29) is 28.7 Å². The van der Waals surface area contributed by atoms with E-state index in [9.17, 15) is 26.8 Å². The van der Waals surface area contributed by atoms with Gasteiger partial charge in [-0.2, -0.15) is 0 Å². The molecule has 0 aromatic heterocycles. The number of hydrogen-bond donors (Lipinski definition) is 1. The minimum Gasteiger partial charge on any atom is -0.352 e. The zero-order valence-electron chi connectivity index (χ0n) is 21.5. The molecule has 0 spiro atoms. The van der Waals surface area contributed by atoms with Gasteiger partial charge in [-0.25, -0.2) is 17.2 Å². The molecule has 0 heterocycles. The van der Waals surface area contributed by atoms with Gasteiger partial charge in [0, 0.05) is 18.2 Å². The van der Waals surface area contributed by atoms with Crippen molar-refractivity contribution in [1.29, 1.82) is 0 Å². The van der Waals surface area contributed by atoms with Crippen molar-refractivity contribution >= 4 is 27.5 Å². The Morgan fingerprint density at radius 3 is 2.05 bits per heavy atom. The van der Waals surface area contributed by atoms with E-state index in [1.165, 1.54) is 67.6 Å². The number of sulfonamides is 1. The molecule has 3 rings (SSSR count). The molecule has 0 saturated carbocycles. The Kier molecular flexibility index (Phi) is 9.57. The minimum atomic E-state index is -4.38. The van der Waals surface area contributed by atoms with Crippen LogP contribution in [0.1, 0.15) is 32.8 Å². The van der Waals surface area contributed by atoms with Crippen LogP contribution in [0.5, 0.6) is 0 Å². The summed E-state index contributed by atoms with van der Waals surface area (Å²) in [4.78, 5) is 27.7. The van der Waals surface area contributed by atoms with E-state index in [1.807, 2.05) is 6.92 Å². The Balaban J connectivity index is 2.04. The van der Waals surface area contributed by atoms with Crippen LogP contribution < -0.4 is 9.62 Å². The summed E-state index contributed by atoms with van der Waals surface area (Å²) in [7, 11) is -4.38. The molecule has 0 fully saturated rings. The first kappa shape index (κ1) is 28.8. The third-order valence-electron chi connectivity index (χ3n) is 6.20. The quantitative estimate of drug-likeness (QED) is 0.386. The predicted octanol–water partition coefficient (Wildman–Crippen LogP) is 4.49. The number of nitrogens with zero attached hydrogens (tertiary/aromatic N) is 2. The van der Waals surface area contributed by atoms with Gasteiger partial charge in [-0.05, 0) is 50.6 Å². The number of amides is 2. The van der Waals surface area contributed by atoms with Gasteiger partial charge in [0.2, 0.25) is 11.8 Å². The fourth-order valence-electron chi connectivity index (χ4n) is 3.75. The van der Waals surface area contributed by atoms with Crippen LogP contribution in [0, 0.1) is 11.6 Å². The minimum absolute atomic E-state index is 0.140. The second-order valence-corrected chi connectivity index (χ2v) is 10.7. The smallest absolute Gasteiger partial charge is 0.264 e. The Morgan fingerprint density at radius 1 is 0.868 bits per heavy atom. The zero-order chi connectivity index (χ0) is 27.9. The molecular formula is C28H31F2N3O4S. The first-order valence-corrected chi connectivity index (χ1v) is 13.7. The van der Waals surface area contributed by atoms with Crippen LogP contribution in [0.2, 0.25) is 0 Å². The van der Waals surface area contributed by atoms with Crippen LogP contribution in [-0.2, 0) is 26.2 Å². The van der Waals surface area contributed by atoms with E-state index in [4.69, 9.17) is 0 Å². The van der Waals surface area contributed by atoms with Crippen LogP contribution in [0.15, 0.2) is 83.8 Å². The molecule has 0 aliphatic heterocycles. The molecule has 0 bridgehead atoms. The van der Waals surface area contributed by atoms with Gasteiger partial charge in [0.05, 0.1) is 10.6 Å². The molecule has 0 aliphatic rings. The van der Waals surface area contributed by atoms with Gasteiger partial charge in [0.25, 0.3) is 10.0 Å². The molecule has 2 atom stereocenters.